The Morgan fingerprint density at radius 2 is 1.80 bits per heavy atom. The van der Waals surface area contributed by atoms with Crippen molar-refractivity contribution in [1.29, 1.82) is 0 Å². The number of likely N-dealkylation sites (N-methyl/N-ethyl adjacent to an activating group) is 1. The van der Waals surface area contributed by atoms with Crippen LogP contribution in [0.3, 0.4) is 0 Å². The van der Waals surface area contributed by atoms with Crippen molar-refractivity contribution in [1.82, 2.24) is 20.3 Å². The largest absolute Gasteiger partial charge is 0.311 e. The molecule has 2 heterocycles. The molecule has 1 atom stereocenters. The molecule has 3 rings (SSSR count). The van der Waals surface area contributed by atoms with E-state index < -0.39 is 0 Å². The van der Waals surface area contributed by atoms with Gasteiger partial charge in [-0.25, -0.2) is 4.98 Å². The molecule has 4 heteroatoms. The number of fused-ring (bicyclic) bond motifs is 1. The minimum Gasteiger partial charge on any atom is -0.311 e. The Bertz CT molecular complexity index is 697. The summed E-state index contributed by atoms with van der Waals surface area (Å²) >= 11 is 0. The summed E-state index contributed by atoms with van der Waals surface area (Å²) in [5.74, 6) is 0. The van der Waals surface area contributed by atoms with Crippen LogP contribution in [0.25, 0.3) is 11.0 Å². The number of hydrogen-bond donors (Lipinski definition) is 1. The zero-order valence-electron chi connectivity index (χ0n) is 11.3. The lowest BCUT2D eigenvalue weighted by molar-refractivity contribution is 0.569. The fraction of sp³-hybridized carbons (Fsp3) is 0.188. The molecule has 100 valence electrons. The van der Waals surface area contributed by atoms with E-state index in [4.69, 9.17) is 0 Å². The van der Waals surface area contributed by atoms with E-state index in [0.717, 1.165) is 28.8 Å². The number of nitrogens with one attached hydrogen (secondary N) is 1. The average Bonchev–Trinajstić information content (AvgIpc) is 2.53. The molecule has 0 bridgehead atoms. The highest BCUT2D eigenvalue weighted by Crippen LogP contribution is 2.17. The highest BCUT2D eigenvalue weighted by Gasteiger charge is 2.13. The Hall–Kier alpha value is -2.33. The van der Waals surface area contributed by atoms with E-state index >= 15 is 0 Å². The topological polar surface area (TPSA) is 50.7 Å². The predicted molar refractivity (Wildman–Crippen MR) is 79.3 cm³/mol. The second-order valence-corrected chi connectivity index (χ2v) is 4.65. The SMILES string of the molecule is CNC(Cc1ccccn1)c1cnc2ccccc2n1. The van der Waals surface area contributed by atoms with Gasteiger partial charge in [0.2, 0.25) is 0 Å². The molecule has 1 unspecified atom stereocenters. The van der Waals surface area contributed by atoms with Crippen LogP contribution in [0.2, 0.25) is 0 Å². The lowest BCUT2D eigenvalue weighted by atomic mass is 10.1. The molecule has 2 aromatic heterocycles. The molecule has 4 nitrogen and oxygen atoms in total. The first kappa shape index (κ1) is 12.7. The van der Waals surface area contributed by atoms with Gasteiger partial charge in [0.15, 0.2) is 0 Å². The van der Waals surface area contributed by atoms with Crippen LogP contribution >= 0.6 is 0 Å². The average molecular weight is 264 g/mol. The maximum absolute atomic E-state index is 4.69. The van der Waals surface area contributed by atoms with Crippen molar-refractivity contribution in [2.75, 3.05) is 7.05 Å². The van der Waals surface area contributed by atoms with Crippen LogP contribution in [0, 0.1) is 0 Å². The van der Waals surface area contributed by atoms with E-state index in [9.17, 15) is 0 Å². The Balaban J connectivity index is 1.91. The standard InChI is InChI=1S/C16H16N4/c1-17-15(10-12-6-4-5-9-18-12)16-11-19-13-7-2-3-8-14(13)20-16/h2-9,11,15,17H,10H2,1H3. The van der Waals surface area contributed by atoms with E-state index in [2.05, 4.69) is 20.3 Å². The second kappa shape index (κ2) is 5.75. The van der Waals surface area contributed by atoms with Gasteiger partial charge in [-0.2, -0.15) is 0 Å². The summed E-state index contributed by atoms with van der Waals surface area (Å²) in [5.41, 5.74) is 3.83. The minimum absolute atomic E-state index is 0.113. The molecular formula is C16H16N4. The third kappa shape index (κ3) is 2.65. The number of hydrogen-bond acceptors (Lipinski definition) is 4. The third-order valence-corrected chi connectivity index (χ3v) is 3.31. The summed E-state index contributed by atoms with van der Waals surface area (Å²) in [4.78, 5) is 13.5. The number of para-hydroxylation sites is 2. The Morgan fingerprint density at radius 1 is 1.00 bits per heavy atom. The predicted octanol–water partition coefficient (Wildman–Crippen LogP) is 2.53. The quantitative estimate of drug-likeness (QED) is 0.786. The van der Waals surface area contributed by atoms with E-state index in [1.807, 2.05) is 61.9 Å². The number of aromatic nitrogens is 3. The molecule has 0 fully saturated rings. The number of pyridine rings is 1. The number of benzene rings is 1. The van der Waals surface area contributed by atoms with Crippen LogP contribution in [0.15, 0.2) is 54.9 Å². The summed E-state index contributed by atoms with van der Waals surface area (Å²) < 4.78 is 0. The van der Waals surface area contributed by atoms with E-state index in [0.29, 0.717) is 0 Å². The van der Waals surface area contributed by atoms with E-state index in [1.165, 1.54) is 0 Å². The van der Waals surface area contributed by atoms with Crippen molar-refractivity contribution >= 4 is 11.0 Å². The molecule has 0 saturated heterocycles. The highest BCUT2D eigenvalue weighted by atomic mass is 14.9. The van der Waals surface area contributed by atoms with Gasteiger partial charge in [-0.15, -0.1) is 0 Å². The molecule has 1 N–H and O–H groups in total. The first-order chi connectivity index (χ1) is 9.86. The van der Waals surface area contributed by atoms with E-state index in [-0.39, 0.29) is 6.04 Å². The monoisotopic (exact) mass is 264 g/mol. The molecule has 0 radical (unpaired) electrons. The van der Waals surface area contributed by atoms with Gasteiger partial charge in [0.1, 0.15) is 0 Å². The normalized spacial score (nSPS) is 12.4. The Labute approximate surface area is 117 Å². The highest BCUT2D eigenvalue weighted by molar-refractivity contribution is 5.73. The zero-order chi connectivity index (χ0) is 13.8. The smallest absolute Gasteiger partial charge is 0.0890 e. The van der Waals surface area contributed by atoms with Crippen molar-refractivity contribution in [3.05, 3.63) is 66.2 Å². The van der Waals surface area contributed by atoms with Crippen molar-refractivity contribution < 1.29 is 0 Å². The van der Waals surface area contributed by atoms with E-state index in [1.54, 1.807) is 0 Å². The molecule has 1 aromatic carbocycles. The maximum Gasteiger partial charge on any atom is 0.0890 e. The van der Waals surface area contributed by atoms with Gasteiger partial charge in [-0.1, -0.05) is 18.2 Å². The Kier molecular flexibility index (Phi) is 3.65. The first-order valence-electron chi connectivity index (χ1n) is 6.65. The maximum atomic E-state index is 4.69. The van der Waals surface area contributed by atoms with Crippen molar-refractivity contribution in [3.8, 4) is 0 Å². The van der Waals surface area contributed by atoms with Crippen LogP contribution in [0.4, 0.5) is 0 Å². The lowest BCUT2D eigenvalue weighted by Gasteiger charge is -2.15. The summed E-state index contributed by atoms with van der Waals surface area (Å²) in [6.07, 6.45) is 4.45. The number of rotatable bonds is 4. The molecule has 20 heavy (non-hydrogen) atoms. The molecule has 3 aromatic rings. The van der Waals surface area contributed by atoms with Gasteiger partial charge in [-0.3, -0.25) is 9.97 Å². The van der Waals surface area contributed by atoms with Gasteiger partial charge in [0, 0.05) is 18.3 Å². The van der Waals surface area contributed by atoms with Gasteiger partial charge >= 0.3 is 0 Å². The van der Waals surface area contributed by atoms with Crippen molar-refractivity contribution in [3.63, 3.8) is 0 Å². The van der Waals surface area contributed by atoms with Crippen molar-refractivity contribution in [2.45, 2.75) is 12.5 Å². The second-order valence-electron chi connectivity index (χ2n) is 4.65. The Morgan fingerprint density at radius 3 is 2.55 bits per heavy atom. The summed E-state index contributed by atoms with van der Waals surface area (Å²) in [6, 6.07) is 14.0. The van der Waals surface area contributed by atoms with Crippen LogP contribution < -0.4 is 5.32 Å². The molecule has 0 saturated carbocycles. The summed E-state index contributed by atoms with van der Waals surface area (Å²) in [7, 11) is 1.93. The first-order valence-corrected chi connectivity index (χ1v) is 6.65. The molecule has 0 amide bonds. The molecule has 0 aliphatic heterocycles. The van der Waals surface area contributed by atoms with Gasteiger partial charge in [0.05, 0.1) is 29.0 Å². The molecule has 0 spiro atoms. The van der Waals surface area contributed by atoms with Gasteiger partial charge in [-0.05, 0) is 31.3 Å². The van der Waals surface area contributed by atoms with Crippen LogP contribution in [0.5, 0.6) is 0 Å². The summed E-state index contributed by atoms with van der Waals surface area (Å²) in [5, 5.41) is 3.29. The van der Waals surface area contributed by atoms with Crippen LogP contribution in [-0.2, 0) is 6.42 Å². The number of nitrogens with zero attached hydrogens (tertiary/aromatic N) is 3. The molecule has 0 aliphatic carbocycles. The van der Waals surface area contributed by atoms with Crippen molar-refractivity contribution in [2.24, 2.45) is 0 Å². The fourth-order valence-electron chi connectivity index (χ4n) is 2.22. The lowest BCUT2D eigenvalue weighted by Crippen LogP contribution is -2.20. The van der Waals surface area contributed by atoms with Gasteiger partial charge < -0.3 is 5.32 Å². The fourth-order valence-corrected chi connectivity index (χ4v) is 2.22. The molecular weight excluding hydrogens is 248 g/mol. The third-order valence-electron chi connectivity index (χ3n) is 3.31. The van der Waals surface area contributed by atoms with Crippen LogP contribution in [-0.4, -0.2) is 22.0 Å². The minimum atomic E-state index is 0.113. The molecule has 0 aliphatic rings. The zero-order valence-corrected chi connectivity index (χ0v) is 11.3. The summed E-state index contributed by atoms with van der Waals surface area (Å²) in [6.45, 7) is 0. The van der Waals surface area contributed by atoms with Crippen LogP contribution in [0.1, 0.15) is 17.4 Å². The van der Waals surface area contributed by atoms with Gasteiger partial charge in [0.25, 0.3) is 0 Å².